The van der Waals surface area contributed by atoms with Gasteiger partial charge in [0.1, 0.15) is 0 Å². The van der Waals surface area contributed by atoms with Crippen molar-refractivity contribution in [2.24, 2.45) is 29.1 Å². The van der Waals surface area contributed by atoms with Crippen LogP contribution in [0.4, 0.5) is 13.2 Å². The predicted molar refractivity (Wildman–Crippen MR) is 124 cm³/mol. The number of alkyl halides is 3. The summed E-state index contributed by atoms with van der Waals surface area (Å²) in [6.45, 7) is 3.58. The van der Waals surface area contributed by atoms with Gasteiger partial charge < -0.3 is 19.7 Å². The number of carbonyl (C=O) groups excluding carboxylic acids is 2. The summed E-state index contributed by atoms with van der Waals surface area (Å²) in [6, 6.07) is 3.47. The Morgan fingerprint density at radius 3 is 2.64 bits per heavy atom. The van der Waals surface area contributed by atoms with E-state index in [-0.39, 0.29) is 41.7 Å². The van der Waals surface area contributed by atoms with Crippen LogP contribution in [0.1, 0.15) is 55.4 Å². The minimum Gasteiger partial charge on any atom is -0.490 e. The number of hydrogen-bond donors (Lipinski definition) is 1. The van der Waals surface area contributed by atoms with Crippen molar-refractivity contribution < 1.29 is 32.2 Å². The van der Waals surface area contributed by atoms with Crippen molar-refractivity contribution in [3.63, 3.8) is 0 Å². The van der Waals surface area contributed by atoms with E-state index < -0.39 is 12.1 Å². The first-order valence-electron chi connectivity index (χ1n) is 13.0. The van der Waals surface area contributed by atoms with Crippen LogP contribution in [-0.2, 0) is 9.53 Å². The molecule has 1 N–H and O–H groups in total. The number of nitrogens with zero attached hydrogens (tertiary/aromatic N) is 2. The third-order valence-electron chi connectivity index (χ3n) is 8.55. The zero-order valence-electron chi connectivity index (χ0n) is 20.4. The molecule has 36 heavy (non-hydrogen) atoms. The fraction of sp³-hybridized carbons (Fsp3) is 0.731. The average Bonchev–Trinajstić information content (AvgIpc) is 3.45. The maximum Gasteiger partial charge on any atom is 0.391 e. The van der Waals surface area contributed by atoms with Gasteiger partial charge in [0.05, 0.1) is 12.5 Å². The normalized spacial score (nSPS) is 30.5. The standard InChI is InChI=1S/C26H34F3N3O4/c27-26(28,29)19-5-3-18(4-6-19)24(34)32-14-20-12-25(20,15-32)16-36-21-2-1-9-30-22(21)23(33)31-13-17-7-10-35-11-8-17/h1-2,9,17-20H,3-8,10-16H2,(H,31,33)/t18-,19-,20?,25?. The third kappa shape index (κ3) is 5.48. The molecule has 2 aliphatic carbocycles. The number of hydrogen-bond acceptors (Lipinski definition) is 5. The largest absolute Gasteiger partial charge is 0.490 e. The summed E-state index contributed by atoms with van der Waals surface area (Å²) in [7, 11) is 0. The van der Waals surface area contributed by atoms with E-state index in [0.29, 0.717) is 56.7 Å². The van der Waals surface area contributed by atoms with Crippen molar-refractivity contribution in [1.29, 1.82) is 0 Å². The fourth-order valence-corrected chi connectivity index (χ4v) is 6.08. The molecule has 2 unspecified atom stereocenters. The first-order valence-corrected chi connectivity index (χ1v) is 13.0. The minimum absolute atomic E-state index is 0.0169. The van der Waals surface area contributed by atoms with Crippen LogP contribution < -0.4 is 10.1 Å². The quantitative estimate of drug-likeness (QED) is 0.604. The van der Waals surface area contributed by atoms with Gasteiger partial charge in [-0.15, -0.1) is 0 Å². The van der Waals surface area contributed by atoms with Crippen molar-refractivity contribution >= 4 is 11.8 Å². The van der Waals surface area contributed by atoms with Gasteiger partial charge in [-0.2, -0.15) is 13.2 Å². The van der Waals surface area contributed by atoms with Crippen LogP contribution >= 0.6 is 0 Å². The molecule has 0 aromatic carbocycles. The van der Waals surface area contributed by atoms with Crippen molar-refractivity contribution in [1.82, 2.24) is 15.2 Å². The second kappa shape index (κ2) is 10.2. The van der Waals surface area contributed by atoms with Gasteiger partial charge >= 0.3 is 6.18 Å². The highest BCUT2D eigenvalue weighted by Crippen LogP contribution is 2.58. The Balaban J connectivity index is 1.12. The lowest BCUT2D eigenvalue weighted by Crippen LogP contribution is -2.40. The fourth-order valence-electron chi connectivity index (χ4n) is 6.08. The zero-order chi connectivity index (χ0) is 25.3. The number of nitrogens with one attached hydrogen (secondary N) is 1. The number of pyridine rings is 1. The number of aromatic nitrogens is 1. The molecular formula is C26H34F3N3O4. The van der Waals surface area contributed by atoms with Crippen LogP contribution in [0.5, 0.6) is 5.75 Å². The van der Waals surface area contributed by atoms with Crippen molar-refractivity contribution in [2.75, 3.05) is 39.5 Å². The molecule has 4 aliphatic rings. The number of amides is 2. The number of halogens is 3. The molecule has 4 fully saturated rings. The Labute approximate surface area is 209 Å². The maximum atomic E-state index is 13.0. The Kier molecular flexibility index (Phi) is 7.16. The van der Waals surface area contributed by atoms with Gasteiger partial charge in [0, 0.05) is 50.4 Å². The molecule has 7 nitrogen and oxygen atoms in total. The SMILES string of the molecule is O=C(NCC1CCOCC1)c1ncccc1OCC12CC1CN(C(=O)[C@H]1CC[C@H](C(F)(F)F)CC1)C2. The summed E-state index contributed by atoms with van der Waals surface area (Å²) < 4.78 is 50.4. The summed E-state index contributed by atoms with van der Waals surface area (Å²) in [6.07, 6.45) is 0.866. The number of likely N-dealkylation sites (tertiary alicyclic amines) is 1. The third-order valence-corrected chi connectivity index (χ3v) is 8.55. The molecule has 5 rings (SSSR count). The Morgan fingerprint density at radius 1 is 1.17 bits per heavy atom. The van der Waals surface area contributed by atoms with Crippen LogP contribution in [0.15, 0.2) is 18.3 Å². The summed E-state index contributed by atoms with van der Waals surface area (Å²) in [5.41, 5.74) is 0.107. The van der Waals surface area contributed by atoms with Crippen LogP contribution in [0.3, 0.4) is 0 Å². The molecule has 0 bridgehead atoms. The molecule has 2 atom stereocenters. The van der Waals surface area contributed by atoms with Crippen LogP contribution in [0.25, 0.3) is 0 Å². The van der Waals surface area contributed by atoms with Crippen LogP contribution in [-0.4, -0.2) is 67.3 Å². The summed E-state index contributed by atoms with van der Waals surface area (Å²) >= 11 is 0. The van der Waals surface area contributed by atoms with Gasteiger partial charge in [0.15, 0.2) is 11.4 Å². The zero-order valence-corrected chi connectivity index (χ0v) is 20.4. The van der Waals surface area contributed by atoms with E-state index in [9.17, 15) is 22.8 Å². The molecule has 0 radical (unpaired) electrons. The van der Waals surface area contributed by atoms with E-state index in [4.69, 9.17) is 9.47 Å². The Hall–Kier alpha value is -2.36. The molecule has 10 heteroatoms. The molecule has 2 amide bonds. The number of fused-ring (bicyclic) bond motifs is 1. The van der Waals surface area contributed by atoms with E-state index in [0.717, 1.165) is 32.5 Å². The summed E-state index contributed by atoms with van der Waals surface area (Å²) in [4.78, 5) is 31.9. The second-order valence-corrected chi connectivity index (χ2v) is 11.0. The van der Waals surface area contributed by atoms with E-state index >= 15 is 0 Å². The van der Waals surface area contributed by atoms with Crippen molar-refractivity contribution in [3.05, 3.63) is 24.0 Å². The summed E-state index contributed by atoms with van der Waals surface area (Å²) in [5, 5.41) is 2.97. The molecule has 2 saturated heterocycles. The van der Waals surface area contributed by atoms with Gasteiger partial charge in [0.2, 0.25) is 5.91 Å². The molecule has 3 heterocycles. The van der Waals surface area contributed by atoms with E-state index in [1.807, 2.05) is 4.90 Å². The van der Waals surface area contributed by atoms with Crippen LogP contribution in [0, 0.1) is 29.1 Å². The van der Waals surface area contributed by atoms with Gasteiger partial charge in [-0.25, -0.2) is 4.98 Å². The molecule has 1 aromatic heterocycles. The first kappa shape index (κ1) is 25.3. The van der Waals surface area contributed by atoms with E-state index in [2.05, 4.69) is 10.3 Å². The predicted octanol–water partition coefficient (Wildman–Crippen LogP) is 3.83. The highest BCUT2D eigenvalue weighted by atomic mass is 19.4. The van der Waals surface area contributed by atoms with Gasteiger partial charge in [-0.05, 0) is 68.9 Å². The second-order valence-electron chi connectivity index (χ2n) is 11.0. The lowest BCUT2D eigenvalue weighted by atomic mass is 9.81. The molecule has 2 aliphatic heterocycles. The number of ether oxygens (including phenoxy) is 2. The Morgan fingerprint density at radius 2 is 1.92 bits per heavy atom. The smallest absolute Gasteiger partial charge is 0.391 e. The van der Waals surface area contributed by atoms with Crippen molar-refractivity contribution in [3.8, 4) is 5.75 Å². The highest BCUT2D eigenvalue weighted by molar-refractivity contribution is 5.94. The highest BCUT2D eigenvalue weighted by Gasteiger charge is 2.61. The maximum absolute atomic E-state index is 13.0. The number of rotatable bonds is 7. The Bertz CT molecular complexity index is 960. The van der Waals surface area contributed by atoms with E-state index in [1.165, 1.54) is 0 Å². The number of carbonyl (C=O) groups is 2. The van der Waals surface area contributed by atoms with E-state index in [1.54, 1.807) is 18.3 Å². The molecule has 1 aromatic rings. The van der Waals surface area contributed by atoms with Crippen LogP contribution in [0.2, 0.25) is 0 Å². The lowest BCUT2D eigenvalue weighted by molar-refractivity contribution is -0.185. The topological polar surface area (TPSA) is 80.8 Å². The number of piperidine rings is 1. The lowest BCUT2D eigenvalue weighted by Gasteiger charge is -2.32. The van der Waals surface area contributed by atoms with Crippen molar-refractivity contribution in [2.45, 2.75) is 51.1 Å². The minimum atomic E-state index is -4.17. The molecule has 2 saturated carbocycles. The molecule has 0 spiro atoms. The van der Waals surface area contributed by atoms with Gasteiger partial charge in [-0.1, -0.05) is 0 Å². The first-order chi connectivity index (χ1) is 17.2. The average molecular weight is 510 g/mol. The monoisotopic (exact) mass is 509 g/mol. The van der Waals surface area contributed by atoms with Gasteiger partial charge in [0.25, 0.3) is 5.91 Å². The summed E-state index contributed by atoms with van der Waals surface area (Å²) in [5.74, 6) is -0.726. The molecule has 198 valence electrons. The molecular weight excluding hydrogens is 475 g/mol. The van der Waals surface area contributed by atoms with Gasteiger partial charge in [-0.3, -0.25) is 9.59 Å².